The number of thioether (sulfide) groups is 2. The van der Waals surface area contributed by atoms with Gasteiger partial charge in [0.05, 0.1) is 11.9 Å². The highest BCUT2D eigenvalue weighted by Crippen LogP contribution is 2.45. The molecule has 5 aromatic rings. The van der Waals surface area contributed by atoms with Gasteiger partial charge in [0.25, 0.3) is 0 Å². The van der Waals surface area contributed by atoms with Crippen LogP contribution in [0.1, 0.15) is 80.2 Å². The Hall–Kier alpha value is -3.74. The van der Waals surface area contributed by atoms with E-state index in [0.29, 0.717) is 17.7 Å². The Kier molecular flexibility index (Phi) is 9.55. The van der Waals surface area contributed by atoms with Gasteiger partial charge in [-0.25, -0.2) is 0 Å². The number of carboxylic acids is 2. The zero-order valence-corrected chi connectivity index (χ0v) is 25.3. The second kappa shape index (κ2) is 13.5. The third-order valence-electron chi connectivity index (χ3n) is 7.64. The fourth-order valence-electron chi connectivity index (χ4n) is 5.54. The molecule has 0 bridgehead atoms. The van der Waals surface area contributed by atoms with Crippen molar-refractivity contribution in [3.63, 3.8) is 0 Å². The van der Waals surface area contributed by atoms with Gasteiger partial charge in [0.1, 0.15) is 0 Å². The first-order valence-electron chi connectivity index (χ1n) is 14.2. The summed E-state index contributed by atoms with van der Waals surface area (Å²) in [6, 6.07) is 32.4. The second-order valence-electron chi connectivity index (χ2n) is 10.3. The van der Waals surface area contributed by atoms with E-state index in [1.807, 2.05) is 31.2 Å². The first kappa shape index (κ1) is 29.7. The number of carboxylic acid groups (broad SMARTS) is 2. The van der Waals surface area contributed by atoms with Crippen LogP contribution in [0.5, 0.6) is 0 Å². The predicted octanol–water partition coefficient (Wildman–Crippen LogP) is 7.49. The molecule has 0 aliphatic heterocycles. The third-order valence-corrected chi connectivity index (χ3v) is 10.6. The normalized spacial score (nSPS) is 12.8. The smallest absolute Gasteiger partial charge is 0.0725 e. The second-order valence-corrected chi connectivity index (χ2v) is 12.7. The minimum Gasteiger partial charge on any atom is -0.545 e. The Morgan fingerprint density at radius 3 is 1.60 bits per heavy atom. The van der Waals surface area contributed by atoms with E-state index >= 15 is 0 Å². The van der Waals surface area contributed by atoms with E-state index in [2.05, 4.69) is 67.6 Å². The molecule has 2 unspecified atom stereocenters. The fourth-order valence-corrected chi connectivity index (χ4v) is 7.96. The summed E-state index contributed by atoms with van der Waals surface area (Å²) in [5.41, 5.74) is 3.13. The molecule has 214 valence electrons. The lowest BCUT2D eigenvalue weighted by Crippen LogP contribution is -2.32. The summed E-state index contributed by atoms with van der Waals surface area (Å²) >= 11 is 3.38. The number of rotatable bonds is 12. The van der Waals surface area contributed by atoms with Crippen molar-refractivity contribution in [3.8, 4) is 0 Å². The summed E-state index contributed by atoms with van der Waals surface area (Å²) in [7, 11) is 0. The van der Waals surface area contributed by atoms with E-state index in [-0.39, 0.29) is 21.6 Å². The van der Waals surface area contributed by atoms with E-state index in [1.54, 1.807) is 29.6 Å². The Balaban J connectivity index is 1.49. The minimum absolute atomic E-state index is 0.0318. The van der Waals surface area contributed by atoms with Gasteiger partial charge in [-0.3, -0.25) is 0 Å². The van der Waals surface area contributed by atoms with Gasteiger partial charge in [-0.2, -0.15) is 0 Å². The van der Waals surface area contributed by atoms with E-state index < -0.39 is 11.9 Å². The standard InChI is InChI=1S/C36H34O4S2/c1-3-31(41-21-23-13-15-25-9-5-7-11-27(25)19-23)29-17-18-30(35(37)38)34(36(39)40)33(29)32(4-2)42-22-24-14-16-26-10-6-8-12-28(26)20-24/h5-20,31-32H,3-4,21-22H2,1-2H3,(H,37,38)(H,39,40)/p-2. The molecule has 0 amide bonds. The van der Waals surface area contributed by atoms with Crippen molar-refractivity contribution in [3.05, 3.63) is 130 Å². The maximum absolute atomic E-state index is 12.5. The van der Waals surface area contributed by atoms with Crippen molar-refractivity contribution in [2.75, 3.05) is 0 Å². The number of hydrogen-bond acceptors (Lipinski definition) is 6. The van der Waals surface area contributed by atoms with Crippen molar-refractivity contribution >= 4 is 57.0 Å². The van der Waals surface area contributed by atoms with Crippen LogP contribution in [-0.4, -0.2) is 11.9 Å². The lowest BCUT2D eigenvalue weighted by molar-refractivity contribution is -0.259. The minimum atomic E-state index is -1.51. The number of aromatic carboxylic acids is 2. The largest absolute Gasteiger partial charge is 0.545 e. The summed E-state index contributed by atoms with van der Waals surface area (Å²) in [6.45, 7) is 4.09. The number of hydrogen-bond donors (Lipinski definition) is 0. The topological polar surface area (TPSA) is 80.3 Å². The van der Waals surface area contributed by atoms with Crippen molar-refractivity contribution in [1.82, 2.24) is 0 Å². The molecule has 4 nitrogen and oxygen atoms in total. The molecule has 5 rings (SSSR count). The van der Waals surface area contributed by atoms with Gasteiger partial charge < -0.3 is 19.8 Å². The SMILES string of the molecule is CCC(SCc1ccc2ccccc2c1)c1ccc(C(=O)[O-])c(C(=O)[O-])c1C(CC)SCc1ccc2ccccc2c1. The molecule has 0 spiro atoms. The molecule has 0 aliphatic rings. The molecule has 0 heterocycles. The van der Waals surface area contributed by atoms with Gasteiger partial charge in [0.2, 0.25) is 0 Å². The number of carbonyl (C=O) groups excluding carboxylic acids is 2. The molecule has 0 aliphatic carbocycles. The van der Waals surface area contributed by atoms with E-state index in [4.69, 9.17) is 0 Å². The molecule has 0 N–H and O–H groups in total. The average Bonchev–Trinajstić information content (AvgIpc) is 3.01. The summed E-state index contributed by atoms with van der Waals surface area (Å²) in [5.74, 6) is -1.59. The van der Waals surface area contributed by atoms with Crippen molar-refractivity contribution < 1.29 is 19.8 Å². The third kappa shape index (κ3) is 6.50. The van der Waals surface area contributed by atoms with Gasteiger partial charge in [0, 0.05) is 33.1 Å². The highest BCUT2D eigenvalue weighted by Gasteiger charge is 2.26. The molecular weight excluding hydrogens is 561 g/mol. The summed E-state index contributed by atoms with van der Waals surface area (Å²) in [6.07, 6.45) is 1.39. The van der Waals surface area contributed by atoms with Gasteiger partial charge in [-0.15, -0.1) is 23.5 Å². The molecule has 42 heavy (non-hydrogen) atoms. The first-order valence-corrected chi connectivity index (χ1v) is 16.3. The molecule has 0 radical (unpaired) electrons. The van der Waals surface area contributed by atoms with Gasteiger partial charge in [0.15, 0.2) is 0 Å². The van der Waals surface area contributed by atoms with Crippen LogP contribution in [0.2, 0.25) is 0 Å². The van der Waals surface area contributed by atoms with Crippen LogP contribution >= 0.6 is 23.5 Å². The van der Waals surface area contributed by atoms with Crippen LogP contribution in [0.15, 0.2) is 97.1 Å². The number of carbonyl (C=O) groups is 2. The zero-order chi connectivity index (χ0) is 29.6. The first-order chi connectivity index (χ1) is 20.4. The van der Waals surface area contributed by atoms with E-state index in [1.165, 1.54) is 22.4 Å². The van der Waals surface area contributed by atoms with Crippen LogP contribution in [0.25, 0.3) is 21.5 Å². The predicted molar refractivity (Wildman–Crippen MR) is 172 cm³/mol. The molecule has 5 aromatic carbocycles. The van der Waals surface area contributed by atoms with Crippen LogP contribution < -0.4 is 10.2 Å². The molecule has 0 aromatic heterocycles. The van der Waals surface area contributed by atoms with Gasteiger partial charge in [-0.1, -0.05) is 111 Å². The molecule has 0 fully saturated rings. The zero-order valence-electron chi connectivity index (χ0n) is 23.7. The maximum atomic E-state index is 12.5. The summed E-state index contributed by atoms with van der Waals surface area (Å²) in [5, 5.41) is 29.0. The monoisotopic (exact) mass is 592 g/mol. The number of fused-ring (bicyclic) bond motifs is 2. The summed E-state index contributed by atoms with van der Waals surface area (Å²) < 4.78 is 0. The van der Waals surface area contributed by atoms with Crippen molar-refractivity contribution in [2.24, 2.45) is 0 Å². The maximum Gasteiger partial charge on any atom is 0.0725 e. The van der Waals surface area contributed by atoms with Crippen molar-refractivity contribution in [1.29, 1.82) is 0 Å². The molecule has 0 saturated heterocycles. The van der Waals surface area contributed by atoms with Crippen LogP contribution in [-0.2, 0) is 11.5 Å². The molecular formula is C36H32O4S2-2. The van der Waals surface area contributed by atoms with Crippen LogP contribution in [0, 0.1) is 0 Å². The van der Waals surface area contributed by atoms with Gasteiger partial charge >= 0.3 is 0 Å². The van der Waals surface area contributed by atoms with Gasteiger partial charge in [-0.05, 0) is 56.6 Å². The molecule has 0 saturated carbocycles. The fraction of sp³-hybridized carbons (Fsp3) is 0.222. The van der Waals surface area contributed by atoms with Crippen LogP contribution in [0.3, 0.4) is 0 Å². The average molecular weight is 593 g/mol. The Bertz CT molecular complexity index is 1750. The Morgan fingerprint density at radius 1 is 0.619 bits per heavy atom. The lowest BCUT2D eigenvalue weighted by Gasteiger charge is -2.29. The van der Waals surface area contributed by atoms with Crippen LogP contribution in [0.4, 0.5) is 0 Å². The Labute approximate surface area is 255 Å². The quantitative estimate of drug-likeness (QED) is 0.149. The number of benzene rings is 5. The van der Waals surface area contributed by atoms with Crippen molar-refractivity contribution in [2.45, 2.75) is 48.7 Å². The lowest BCUT2D eigenvalue weighted by atomic mass is 9.90. The molecule has 2 atom stereocenters. The Morgan fingerprint density at radius 2 is 1.12 bits per heavy atom. The molecule has 6 heteroatoms. The summed E-state index contributed by atoms with van der Waals surface area (Å²) in [4.78, 5) is 24.6. The van der Waals surface area contributed by atoms with E-state index in [9.17, 15) is 19.8 Å². The highest BCUT2D eigenvalue weighted by molar-refractivity contribution is 7.99. The highest BCUT2D eigenvalue weighted by atomic mass is 32.2. The van der Waals surface area contributed by atoms with E-state index in [0.717, 1.165) is 34.1 Å².